The van der Waals surface area contributed by atoms with Crippen LogP contribution >= 0.6 is 0 Å². The van der Waals surface area contributed by atoms with Crippen LogP contribution in [-0.2, 0) is 19.3 Å². The van der Waals surface area contributed by atoms with Crippen molar-refractivity contribution in [1.82, 2.24) is 0 Å². The molecule has 156 valence electrons. The van der Waals surface area contributed by atoms with E-state index in [4.69, 9.17) is 0 Å². The highest BCUT2D eigenvalue weighted by Crippen LogP contribution is 2.37. The second-order valence-corrected chi connectivity index (χ2v) is 8.10. The Morgan fingerprint density at radius 2 is 1.67 bits per heavy atom. The van der Waals surface area contributed by atoms with Gasteiger partial charge in [0.1, 0.15) is 11.6 Å². The van der Waals surface area contributed by atoms with Gasteiger partial charge in [-0.1, -0.05) is 37.6 Å². The summed E-state index contributed by atoms with van der Waals surface area (Å²) in [5.74, 6) is -2.85. The molecule has 0 amide bonds. The smallest absolute Gasteiger partial charge is 0.166 e. The predicted molar refractivity (Wildman–Crippen MR) is 112 cm³/mol. The molecule has 0 nitrogen and oxygen atoms in total. The lowest BCUT2D eigenvalue weighted by Crippen LogP contribution is -2.15. The Morgan fingerprint density at radius 3 is 2.43 bits per heavy atom. The zero-order valence-electron chi connectivity index (χ0n) is 17.0. The average Bonchev–Trinajstić information content (AvgIpc) is 2.73. The van der Waals surface area contributed by atoms with Gasteiger partial charge in [0, 0.05) is 11.1 Å². The molecule has 0 aliphatic heterocycles. The lowest BCUT2D eigenvalue weighted by atomic mass is 9.79. The first-order valence-corrected chi connectivity index (χ1v) is 10.5. The van der Waals surface area contributed by atoms with Crippen LogP contribution in [0.15, 0.2) is 48.5 Å². The minimum atomic E-state index is -1.05. The molecular weight excluding hydrogens is 388 g/mol. The van der Waals surface area contributed by atoms with Gasteiger partial charge in [-0.15, -0.1) is 0 Å². The summed E-state index contributed by atoms with van der Waals surface area (Å²) < 4.78 is 57.3. The van der Waals surface area contributed by atoms with E-state index in [0.717, 1.165) is 48.4 Å². The standard InChI is InChI=1S/C26H24F4/c1-2-3-5-16-8-11-20(24(28)12-16)18-10-9-17-14-22(25(29)15-19(17)13-18)21-6-4-7-23(27)26(21)30/h4,6-8,11-12,14-15,18H,2-3,5,9-10,13H2,1H3. The summed E-state index contributed by atoms with van der Waals surface area (Å²) in [4.78, 5) is 0. The fourth-order valence-corrected chi connectivity index (χ4v) is 4.40. The van der Waals surface area contributed by atoms with Crippen LogP contribution in [0.3, 0.4) is 0 Å². The van der Waals surface area contributed by atoms with Crippen LogP contribution in [-0.4, -0.2) is 0 Å². The van der Waals surface area contributed by atoms with E-state index in [1.54, 1.807) is 12.1 Å². The molecule has 4 rings (SSSR count). The number of benzene rings is 3. The van der Waals surface area contributed by atoms with E-state index in [-0.39, 0.29) is 22.9 Å². The Hall–Kier alpha value is -2.62. The Bertz CT molecular complexity index is 1070. The molecule has 0 saturated heterocycles. The maximum atomic E-state index is 14.8. The second-order valence-electron chi connectivity index (χ2n) is 8.10. The first kappa shape index (κ1) is 20.6. The number of hydrogen-bond acceptors (Lipinski definition) is 0. The lowest BCUT2D eigenvalue weighted by molar-refractivity contribution is 0.509. The van der Waals surface area contributed by atoms with Gasteiger partial charge in [0.2, 0.25) is 0 Å². The molecule has 3 aromatic rings. The van der Waals surface area contributed by atoms with E-state index >= 15 is 0 Å². The van der Waals surface area contributed by atoms with Crippen LogP contribution < -0.4 is 0 Å². The molecule has 0 bridgehead atoms. The van der Waals surface area contributed by atoms with Gasteiger partial charge in [-0.05, 0) is 84.5 Å². The maximum absolute atomic E-state index is 14.8. The molecule has 4 heteroatoms. The maximum Gasteiger partial charge on any atom is 0.166 e. The fraction of sp³-hybridized carbons (Fsp3) is 0.308. The second kappa shape index (κ2) is 8.63. The third-order valence-electron chi connectivity index (χ3n) is 6.08. The third kappa shape index (κ3) is 4.00. The summed E-state index contributed by atoms with van der Waals surface area (Å²) in [6.45, 7) is 2.11. The first-order valence-electron chi connectivity index (χ1n) is 10.5. The van der Waals surface area contributed by atoms with E-state index in [0.29, 0.717) is 18.4 Å². The number of hydrogen-bond donors (Lipinski definition) is 0. The summed E-state index contributed by atoms with van der Waals surface area (Å²) in [5, 5.41) is 0. The normalized spacial score (nSPS) is 15.8. The van der Waals surface area contributed by atoms with Crippen molar-refractivity contribution in [1.29, 1.82) is 0 Å². The minimum absolute atomic E-state index is 0.0196. The summed E-state index contributed by atoms with van der Waals surface area (Å²) in [7, 11) is 0. The van der Waals surface area contributed by atoms with Gasteiger partial charge in [0.05, 0.1) is 0 Å². The molecule has 1 unspecified atom stereocenters. The van der Waals surface area contributed by atoms with Gasteiger partial charge in [0.25, 0.3) is 0 Å². The fourth-order valence-electron chi connectivity index (χ4n) is 4.40. The number of unbranched alkanes of at least 4 members (excludes halogenated alkanes) is 1. The quantitative estimate of drug-likeness (QED) is 0.380. The monoisotopic (exact) mass is 412 g/mol. The Balaban J connectivity index is 1.61. The SMILES string of the molecule is CCCCc1ccc(C2CCc3cc(-c4cccc(F)c4F)c(F)cc3C2)c(F)c1. The van der Waals surface area contributed by atoms with Crippen molar-refractivity contribution < 1.29 is 17.6 Å². The zero-order valence-corrected chi connectivity index (χ0v) is 17.0. The predicted octanol–water partition coefficient (Wildman–Crippen LogP) is 7.53. The van der Waals surface area contributed by atoms with Crippen molar-refractivity contribution in [3.63, 3.8) is 0 Å². The van der Waals surface area contributed by atoms with Crippen LogP contribution in [0.2, 0.25) is 0 Å². The Morgan fingerprint density at radius 1 is 0.833 bits per heavy atom. The van der Waals surface area contributed by atoms with Crippen LogP contribution in [0.1, 0.15) is 54.4 Å². The third-order valence-corrected chi connectivity index (χ3v) is 6.08. The number of halogens is 4. The van der Waals surface area contributed by atoms with Gasteiger partial charge < -0.3 is 0 Å². The van der Waals surface area contributed by atoms with Gasteiger partial charge >= 0.3 is 0 Å². The first-order chi connectivity index (χ1) is 14.5. The van der Waals surface area contributed by atoms with Crippen LogP contribution in [0, 0.1) is 23.3 Å². The van der Waals surface area contributed by atoms with E-state index in [9.17, 15) is 17.6 Å². The van der Waals surface area contributed by atoms with Crippen molar-refractivity contribution in [2.75, 3.05) is 0 Å². The molecule has 3 aromatic carbocycles. The molecule has 0 radical (unpaired) electrons. The van der Waals surface area contributed by atoms with Crippen molar-refractivity contribution in [3.8, 4) is 11.1 Å². The molecular formula is C26H24F4. The van der Waals surface area contributed by atoms with E-state index in [1.165, 1.54) is 18.2 Å². The highest BCUT2D eigenvalue weighted by molar-refractivity contribution is 5.67. The Labute approximate surface area is 174 Å². The van der Waals surface area contributed by atoms with Crippen molar-refractivity contribution in [2.24, 2.45) is 0 Å². The van der Waals surface area contributed by atoms with Gasteiger partial charge in [-0.3, -0.25) is 0 Å². The highest BCUT2D eigenvalue weighted by atomic mass is 19.2. The van der Waals surface area contributed by atoms with Gasteiger partial charge in [-0.25, -0.2) is 17.6 Å². The van der Waals surface area contributed by atoms with Gasteiger partial charge in [0.15, 0.2) is 11.6 Å². The molecule has 0 saturated carbocycles. The van der Waals surface area contributed by atoms with E-state index in [1.807, 2.05) is 12.1 Å². The van der Waals surface area contributed by atoms with E-state index < -0.39 is 17.5 Å². The summed E-state index contributed by atoms with van der Waals surface area (Å²) >= 11 is 0. The summed E-state index contributed by atoms with van der Waals surface area (Å²) in [5.41, 5.74) is 3.37. The molecule has 1 aliphatic rings. The molecule has 0 fully saturated rings. The number of aryl methyl sites for hydroxylation is 2. The number of rotatable bonds is 5. The molecule has 1 aliphatic carbocycles. The molecule has 0 N–H and O–H groups in total. The van der Waals surface area contributed by atoms with Crippen molar-refractivity contribution in [3.05, 3.63) is 94.1 Å². The molecule has 0 aromatic heterocycles. The highest BCUT2D eigenvalue weighted by Gasteiger charge is 2.25. The minimum Gasteiger partial charge on any atom is -0.207 e. The van der Waals surface area contributed by atoms with Crippen molar-refractivity contribution in [2.45, 2.75) is 51.4 Å². The summed E-state index contributed by atoms with van der Waals surface area (Å²) in [6, 6.07) is 12.2. The average molecular weight is 412 g/mol. The topological polar surface area (TPSA) is 0 Å². The zero-order chi connectivity index (χ0) is 21.3. The van der Waals surface area contributed by atoms with Crippen molar-refractivity contribution >= 4 is 0 Å². The lowest BCUT2D eigenvalue weighted by Gasteiger charge is -2.26. The van der Waals surface area contributed by atoms with Gasteiger partial charge in [-0.2, -0.15) is 0 Å². The largest absolute Gasteiger partial charge is 0.207 e. The van der Waals surface area contributed by atoms with Crippen LogP contribution in [0.25, 0.3) is 11.1 Å². The molecule has 1 atom stereocenters. The number of fused-ring (bicyclic) bond motifs is 1. The van der Waals surface area contributed by atoms with Crippen LogP contribution in [0.5, 0.6) is 0 Å². The van der Waals surface area contributed by atoms with E-state index in [2.05, 4.69) is 6.92 Å². The molecule has 0 heterocycles. The molecule has 0 spiro atoms. The Kier molecular flexibility index (Phi) is 5.94. The van der Waals surface area contributed by atoms with Crippen LogP contribution in [0.4, 0.5) is 17.6 Å². The molecule has 30 heavy (non-hydrogen) atoms. The summed E-state index contributed by atoms with van der Waals surface area (Å²) in [6.07, 6.45) is 4.87.